The number of aromatic nitrogens is 1. The summed E-state index contributed by atoms with van der Waals surface area (Å²) in [5, 5.41) is 10.9. The second-order valence-electron chi connectivity index (χ2n) is 3.55. The van der Waals surface area contributed by atoms with Gasteiger partial charge in [0.2, 0.25) is 0 Å². The summed E-state index contributed by atoms with van der Waals surface area (Å²) in [4.78, 5) is 3.95. The standard InChI is InChI=1S/C10H9NO2/c12-10(2-3-10)8-6-13-9-5-11-4-1-7(8)9/h1,4-6,12H,2-3H2. The summed E-state index contributed by atoms with van der Waals surface area (Å²) in [5.74, 6) is 0. The Morgan fingerprint density at radius 2 is 2.31 bits per heavy atom. The average molecular weight is 175 g/mol. The summed E-state index contributed by atoms with van der Waals surface area (Å²) < 4.78 is 5.29. The molecular weight excluding hydrogens is 166 g/mol. The molecule has 0 saturated heterocycles. The number of furan rings is 1. The van der Waals surface area contributed by atoms with E-state index in [1.807, 2.05) is 6.07 Å². The van der Waals surface area contributed by atoms with Gasteiger partial charge in [-0.2, -0.15) is 0 Å². The van der Waals surface area contributed by atoms with Gasteiger partial charge in [-0.3, -0.25) is 4.98 Å². The van der Waals surface area contributed by atoms with Gasteiger partial charge < -0.3 is 9.52 Å². The molecule has 2 aromatic heterocycles. The molecule has 0 radical (unpaired) electrons. The molecule has 1 aliphatic rings. The third-order valence-corrected chi connectivity index (χ3v) is 2.60. The molecule has 0 amide bonds. The molecule has 1 fully saturated rings. The molecule has 0 atom stereocenters. The lowest BCUT2D eigenvalue weighted by atomic mass is 10.1. The fourth-order valence-electron chi connectivity index (χ4n) is 1.63. The lowest BCUT2D eigenvalue weighted by molar-refractivity contribution is 0.152. The van der Waals surface area contributed by atoms with E-state index in [9.17, 15) is 5.11 Å². The third-order valence-electron chi connectivity index (χ3n) is 2.60. The van der Waals surface area contributed by atoms with Gasteiger partial charge in [-0.15, -0.1) is 0 Å². The predicted octanol–water partition coefficient (Wildman–Crippen LogP) is 1.81. The molecule has 0 aromatic carbocycles. The summed E-state index contributed by atoms with van der Waals surface area (Å²) >= 11 is 0. The van der Waals surface area contributed by atoms with Crippen LogP contribution < -0.4 is 0 Å². The van der Waals surface area contributed by atoms with Crippen LogP contribution in [-0.4, -0.2) is 10.1 Å². The van der Waals surface area contributed by atoms with Crippen LogP contribution in [0.4, 0.5) is 0 Å². The van der Waals surface area contributed by atoms with Gasteiger partial charge in [0.1, 0.15) is 0 Å². The van der Waals surface area contributed by atoms with Crippen LogP contribution in [0.5, 0.6) is 0 Å². The van der Waals surface area contributed by atoms with Crippen molar-refractivity contribution in [3.05, 3.63) is 30.3 Å². The molecule has 0 aliphatic heterocycles. The number of hydrogen-bond acceptors (Lipinski definition) is 3. The molecule has 1 saturated carbocycles. The molecule has 13 heavy (non-hydrogen) atoms. The molecule has 3 nitrogen and oxygen atoms in total. The maximum absolute atomic E-state index is 9.91. The number of hydrogen-bond donors (Lipinski definition) is 1. The predicted molar refractivity (Wildman–Crippen MR) is 47.1 cm³/mol. The smallest absolute Gasteiger partial charge is 0.152 e. The van der Waals surface area contributed by atoms with Crippen molar-refractivity contribution in [1.82, 2.24) is 4.98 Å². The molecule has 0 unspecified atom stereocenters. The molecule has 1 N–H and O–H groups in total. The normalized spacial score (nSPS) is 19.2. The maximum atomic E-state index is 9.91. The number of rotatable bonds is 1. The Morgan fingerprint density at radius 1 is 1.46 bits per heavy atom. The Balaban J connectivity index is 2.30. The summed E-state index contributed by atoms with van der Waals surface area (Å²) in [6.45, 7) is 0. The van der Waals surface area contributed by atoms with Crippen LogP contribution in [0.2, 0.25) is 0 Å². The van der Waals surface area contributed by atoms with E-state index < -0.39 is 5.60 Å². The molecule has 66 valence electrons. The van der Waals surface area contributed by atoms with Crippen LogP contribution in [0.1, 0.15) is 18.4 Å². The van der Waals surface area contributed by atoms with E-state index in [2.05, 4.69) is 4.98 Å². The van der Waals surface area contributed by atoms with E-state index >= 15 is 0 Å². The van der Waals surface area contributed by atoms with Crippen LogP contribution in [0, 0.1) is 0 Å². The topological polar surface area (TPSA) is 46.3 Å². The first-order valence-electron chi connectivity index (χ1n) is 4.34. The van der Waals surface area contributed by atoms with E-state index in [1.165, 1.54) is 0 Å². The summed E-state index contributed by atoms with van der Waals surface area (Å²) in [6.07, 6.45) is 6.70. The van der Waals surface area contributed by atoms with E-state index in [0.29, 0.717) is 0 Å². The Bertz CT molecular complexity index is 457. The van der Waals surface area contributed by atoms with Crippen LogP contribution in [-0.2, 0) is 5.60 Å². The number of aliphatic hydroxyl groups is 1. The van der Waals surface area contributed by atoms with Gasteiger partial charge >= 0.3 is 0 Å². The van der Waals surface area contributed by atoms with E-state index in [1.54, 1.807) is 18.7 Å². The molecule has 0 spiro atoms. The van der Waals surface area contributed by atoms with Crippen LogP contribution in [0.3, 0.4) is 0 Å². The molecular formula is C10H9NO2. The first-order valence-corrected chi connectivity index (χ1v) is 4.34. The quantitative estimate of drug-likeness (QED) is 0.718. The highest BCUT2D eigenvalue weighted by Crippen LogP contribution is 2.48. The number of pyridine rings is 1. The van der Waals surface area contributed by atoms with Crippen molar-refractivity contribution in [3.63, 3.8) is 0 Å². The van der Waals surface area contributed by atoms with Crippen molar-refractivity contribution in [2.45, 2.75) is 18.4 Å². The van der Waals surface area contributed by atoms with Crippen molar-refractivity contribution >= 4 is 11.0 Å². The highest BCUT2D eigenvalue weighted by Gasteiger charge is 2.44. The zero-order valence-electron chi connectivity index (χ0n) is 7.03. The SMILES string of the molecule is OC1(c2coc3cnccc23)CC1. The molecule has 1 aliphatic carbocycles. The minimum Gasteiger partial charge on any atom is -0.462 e. The number of fused-ring (bicyclic) bond motifs is 1. The van der Waals surface area contributed by atoms with Gasteiger partial charge in [0.25, 0.3) is 0 Å². The molecule has 3 rings (SSSR count). The highest BCUT2D eigenvalue weighted by atomic mass is 16.3. The minimum absolute atomic E-state index is 0.618. The lowest BCUT2D eigenvalue weighted by Crippen LogP contribution is -2.02. The zero-order chi connectivity index (χ0) is 8.89. The Labute approximate surface area is 75.0 Å². The zero-order valence-corrected chi connectivity index (χ0v) is 7.03. The minimum atomic E-state index is -0.618. The van der Waals surface area contributed by atoms with Gasteiger partial charge in [-0.1, -0.05) is 0 Å². The van der Waals surface area contributed by atoms with Gasteiger partial charge in [-0.05, 0) is 18.9 Å². The summed E-state index contributed by atoms with van der Waals surface area (Å²) in [5.41, 5.74) is 1.04. The van der Waals surface area contributed by atoms with E-state index in [-0.39, 0.29) is 0 Å². The lowest BCUT2D eigenvalue weighted by Gasteiger charge is -2.02. The molecule has 2 heterocycles. The van der Waals surface area contributed by atoms with Crippen molar-refractivity contribution in [3.8, 4) is 0 Å². The van der Waals surface area contributed by atoms with Gasteiger partial charge in [0, 0.05) is 17.1 Å². The Morgan fingerprint density at radius 3 is 3.08 bits per heavy atom. The van der Waals surface area contributed by atoms with Gasteiger partial charge in [0.05, 0.1) is 18.1 Å². The fraction of sp³-hybridized carbons (Fsp3) is 0.300. The second kappa shape index (κ2) is 2.12. The number of nitrogens with zero attached hydrogens (tertiary/aromatic N) is 1. The highest BCUT2D eigenvalue weighted by molar-refractivity contribution is 5.81. The van der Waals surface area contributed by atoms with Crippen LogP contribution in [0.15, 0.2) is 29.1 Å². The molecule has 0 bridgehead atoms. The summed E-state index contributed by atoms with van der Waals surface area (Å²) in [7, 11) is 0. The van der Waals surface area contributed by atoms with Gasteiger partial charge in [-0.25, -0.2) is 0 Å². The van der Waals surface area contributed by atoms with Gasteiger partial charge in [0.15, 0.2) is 5.58 Å². The van der Waals surface area contributed by atoms with Crippen molar-refractivity contribution in [1.29, 1.82) is 0 Å². The largest absolute Gasteiger partial charge is 0.462 e. The van der Waals surface area contributed by atoms with Crippen LogP contribution >= 0.6 is 0 Å². The average Bonchev–Trinajstić information content (AvgIpc) is 2.76. The first-order chi connectivity index (χ1) is 6.30. The molecule has 3 heteroatoms. The Kier molecular flexibility index (Phi) is 1.15. The molecule has 2 aromatic rings. The van der Waals surface area contributed by atoms with Crippen molar-refractivity contribution < 1.29 is 9.52 Å². The maximum Gasteiger partial charge on any atom is 0.152 e. The van der Waals surface area contributed by atoms with E-state index in [0.717, 1.165) is 29.4 Å². The second-order valence-corrected chi connectivity index (χ2v) is 3.55. The first kappa shape index (κ1) is 7.09. The third kappa shape index (κ3) is 0.906. The fourth-order valence-corrected chi connectivity index (χ4v) is 1.63. The van der Waals surface area contributed by atoms with Crippen molar-refractivity contribution in [2.75, 3.05) is 0 Å². The van der Waals surface area contributed by atoms with Crippen LogP contribution in [0.25, 0.3) is 11.0 Å². The van der Waals surface area contributed by atoms with Crippen molar-refractivity contribution in [2.24, 2.45) is 0 Å². The Hall–Kier alpha value is -1.35. The van der Waals surface area contributed by atoms with E-state index in [4.69, 9.17) is 4.42 Å². The monoisotopic (exact) mass is 175 g/mol. The summed E-state index contributed by atoms with van der Waals surface area (Å²) in [6, 6.07) is 1.88.